The van der Waals surface area contributed by atoms with E-state index in [1.807, 2.05) is 0 Å². The summed E-state index contributed by atoms with van der Waals surface area (Å²) < 4.78 is 0. The van der Waals surface area contributed by atoms with Crippen LogP contribution in [0, 0.1) is 0 Å². The molecule has 0 spiro atoms. The van der Waals surface area contributed by atoms with Gasteiger partial charge in [-0.25, -0.2) is 0 Å². The molecule has 92 valence electrons. The van der Waals surface area contributed by atoms with Crippen LogP contribution in [0.15, 0.2) is 0 Å². The first-order chi connectivity index (χ1) is 7.35. The molecule has 0 heterocycles. The van der Waals surface area contributed by atoms with Crippen molar-refractivity contribution in [1.82, 2.24) is 4.90 Å². The smallest absolute Gasteiger partial charge is 0.0974 e. The number of hydrogen-bond acceptors (Lipinski definition) is 3. The molecule has 0 unspecified atom stereocenters. The predicted molar refractivity (Wildman–Crippen MR) is 63.5 cm³/mol. The summed E-state index contributed by atoms with van der Waals surface area (Å²) >= 11 is 0. The molecule has 0 saturated heterocycles. The van der Waals surface area contributed by atoms with E-state index in [-0.39, 0.29) is 13.5 Å². The summed E-state index contributed by atoms with van der Waals surface area (Å²) in [6.07, 6.45) is 10.3. The number of rotatable bonds is 11. The standard InChI is InChI=1S/C12H27NO2/c1-2-3-4-5-6-7-8-9-10-13(11-14)12-15/h14-15H,2-12H2,1H3. The molecule has 3 heteroatoms. The molecule has 0 aromatic rings. The topological polar surface area (TPSA) is 43.7 Å². The van der Waals surface area contributed by atoms with Crippen LogP contribution in [0.1, 0.15) is 58.3 Å². The summed E-state index contributed by atoms with van der Waals surface area (Å²) in [5.41, 5.74) is 0. The second kappa shape index (κ2) is 12.0. The zero-order valence-electron chi connectivity index (χ0n) is 10.1. The Morgan fingerprint density at radius 3 is 1.67 bits per heavy atom. The molecule has 0 radical (unpaired) electrons. The lowest BCUT2D eigenvalue weighted by Gasteiger charge is -2.15. The summed E-state index contributed by atoms with van der Waals surface area (Å²) in [6, 6.07) is 0. The first-order valence-electron chi connectivity index (χ1n) is 6.29. The molecule has 0 aromatic heterocycles. The summed E-state index contributed by atoms with van der Waals surface area (Å²) in [6.45, 7) is 2.97. The van der Waals surface area contributed by atoms with E-state index in [9.17, 15) is 0 Å². The van der Waals surface area contributed by atoms with Gasteiger partial charge in [0.25, 0.3) is 0 Å². The van der Waals surface area contributed by atoms with Crippen molar-refractivity contribution in [2.75, 3.05) is 20.0 Å². The van der Waals surface area contributed by atoms with E-state index >= 15 is 0 Å². The first kappa shape index (κ1) is 14.9. The van der Waals surface area contributed by atoms with Gasteiger partial charge in [-0.3, -0.25) is 4.90 Å². The van der Waals surface area contributed by atoms with Gasteiger partial charge in [0.1, 0.15) is 0 Å². The minimum atomic E-state index is -0.0347. The highest BCUT2D eigenvalue weighted by atomic mass is 16.3. The van der Waals surface area contributed by atoms with Crippen LogP contribution in [0.5, 0.6) is 0 Å². The van der Waals surface area contributed by atoms with Crippen LogP contribution < -0.4 is 0 Å². The van der Waals surface area contributed by atoms with Crippen molar-refractivity contribution in [3.8, 4) is 0 Å². The Labute approximate surface area is 94.1 Å². The molecule has 0 aliphatic carbocycles. The third-order valence-corrected chi connectivity index (χ3v) is 2.73. The summed E-state index contributed by atoms with van der Waals surface area (Å²) in [5, 5.41) is 17.6. The molecule has 0 rings (SSSR count). The van der Waals surface area contributed by atoms with Crippen LogP contribution >= 0.6 is 0 Å². The summed E-state index contributed by atoms with van der Waals surface area (Å²) in [5.74, 6) is 0. The van der Waals surface area contributed by atoms with Gasteiger partial charge in [0, 0.05) is 6.54 Å². The number of unbranched alkanes of at least 4 members (excludes halogenated alkanes) is 7. The van der Waals surface area contributed by atoms with E-state index in [0.29, 0.717) is 0 Å². The molecule has 0 saturated carbocycles. The quantitative estimate of drug-likeness (QED) is 0.412. The van der Waals surface area contributed by atoms with Gasteiger partial charge in [0.2, 0.25) is 0 Å². The SMILES string of the molecule is CCCCCCCCCCN(CO)CO. The van der Waals surface area contributed by atoms with Crippen molar-refractivity contribution < 1.29 is 10.2 Å². The lowest BCUT2D eigenvalue weighted by molar-refractivity contribution is 0.0284. The molecular weight excluding hydrogens is 190 g/mol. The molecule has 2 N–H and O–H groups in total. The molecule has 0 amide bonds. The van der Waals surface area contributed by atoms with Gasteiger partial charge in [-0.15, -0.1) is 0 Å². The minimum Gasteiger partial charge on any atom is -0.381 e. The lowest BCUT2D eigenvalue weighted by atomic mass is 10.1. The molecule has 3 nitrogen and oxygen atoms in total. The molecule has 0 atom stereocenters. The Morgan fingerprint density at radius 2 is 1.20 bits per heavy atom. The fraction of sp³-hybridized carbons (Fsp3) is 1.00. The number of aliphatic hydroxyl groups excluding tert-OH is 2. The Morgan fingerprint density at radius 1 is 0.733 bits per heavy atom. The van der Waals surface area contributed by atoms with E-state index in [1.54, 1.807) is 4.90 Å². The first-order valence-corrected chi connectivity index (χ1v) is 6.29. The van der Waals surface area contributed by atoms with E-state index in [4.69, 9.17) is 10.2 Å². The molecule has 0 bridgehead atoms. The minimum absolute atomic E-state index is 0.0347. The van der Waals surface area contributed by atoms with Crippen molar-refractivity contribution in [1.29, 1.82) is 0 Å². The second-order valence-electron chi connectivity index (χ2n) is 4.15. The van der Waals surface area contributed by atoms with Crippen molar-refractivity contribution >= 4 is 0 Å². The van der Waals surface area contributed by atoms with Gasteiger partial charge in [0.15, 0.2) is 0 Å². The Hall–Kier alpha value is -0.120. The highest BCUT2D eigenvalue weighted by molar-refractivity contribution is 4.50. The number of aliphatic hydroxyl groups is 2. The van der Waals surface area contributed by atoms with Crippen LogP contribution in [0.3, 0.4) is 0 Å². The zero-order valence-corrected chi connectivity index (χ0v) is 10.1. The van der Waals surface area contributed by atoms with Crippen LogP contribution in [-0.2, 0) is 0 Å². The maximum absolute atomic E-state index is 8.79. The average molecular weight is 217 g/mol. The Bertz CT molecular complexity index is 116. The molecule has 0 fully saturated rings. The van der Waals surface area contributed by atoms with E-state index in [0.717, 1.165) is 13.0 Å². The van der Waals surface area contributed by atoms with Crippen LogP contribution in [0.25, 0.3) is 0 Å². The van der Waals surface area contributed by atoms with Gasteiger partial charge in [-0.2, -0.15) is 0 Å². The van der Waals surface area contributed by atoms with Crippen LogP contribution in [0.2, 0.25) is 0 Å². The second-order valence-corrected chi connectivity index (χ2v) is 4.15. The highest BCUT2D eigenvalue weighted by Gasteiger charge is 1.99. The Kier molecular flexibility index (Phi) is 11.9. The fourth-order valence-electron chi connectivity index (χ4n) is 1.66. The predicted octanol–water partition coefficient (Wildman–Crippen LogP) is 2.33. The molecule has 0 aromatic carbocycles. The van der Waals surface area contributed by atoms with Crippen molar-refractivity contribution in [2.24, 2.45) is 0 Å². The lowest BCUT2D eigenvalue weighted by Crippen LogP contribution is -2.26. The maximum atomic E-state index is 8.79. The van der Waals surface area contributed by atoms with Crippen molar-refractivity contribution in [3.63, 3.8) is 0 Å². The van der Waals surface area contributed by atoms with E-state index in [2.05, 4.69) is 6.92 Å². The molecule has 0 aliphatic rings. The van der Waals surface area contributed by atoms with Gasteiger partial charge < -0.3 is 10.2 Å². The molecule has 15 heavy (non-hydrogen) atoms. The van der Waals surface area contributed by atoms with Gasteiger partial charge in [0.05, 0.1) is 13.5 Å². The van der Waals surface area contributed by atoms with E-state index in [1.165, 1.54) is 44.9 Å². The van der Waals surface area contributed by atoms with Crippen LogP contribution in [0.4, 0.5) is 0 Å². The Balaban J connectivity index is 3.04. The number of hydrogen-bond donors (Lipinski definition) is 2. The third kappa shape index (κ3) is 10.2. The highest BCUT2D eigenvalue weighted by Crippen LogP contribution is 2.08. The summed E-state index contributed by atoms with van der Waals surface area (Å²) in [4.78, 5) is 1.64. The van der Waals surface area contributed by atoms with Crippen molar-refractivity contribution in [3.05, 3.63) is 0 Å². The van der Waals surface area contributed by atoms with E-state index < -0.39 is 0 Å². The van der Waals surface area contributed by atoms with Gasteiger partial charge >= 0.3 is 0 Å². The molecule has 0 aliphatic heterocycles. The van der Waals surface area contributed by atoms with Crippen LogP contribution in [-0.4, -0.2) is 35.1 Å². The van der Waals surface area contributed by atoms with Gasteiger partial charge in [-0.05, 0) is 6.42 Å². The monoisotopic (exact) mass is 217 g/mol. The largest absolute Gasteiger partial charge is 0.381 e. The molecular formula is C12H27NO2. The summed E-state index contributed by atoms with van der Waals surface area (Å²) in [7, 11) is 0. The maximum Gasteiger partial charge on any atom is 0.0974 e. The van der Waals surface area contributed by atoms with Crippen molar-refractivity contribution in [2.45, 2.75) is 58.3 Å². The average Bonchev–Trinajstić information content (AvgIpc) is 2.27. The number of nitrogens with zero attached hydrogens (tertiary/aromatic N) is 1. The normalized spacial score (nSPS) is 11.2. The zero-order chi connectivity index (χ0) is 11.4. The third-order valence-electron chi connectivity index (χ3n) is 2.73. The fourth-order valence-corrected chi connectivity index (χ4v) is 1.66. The van der Waals surface area contributed by atoms with Gasteiger partial charge in [-0.1, -0.05) is 51.9 Å².